The molecule has 0 saturated carbocycles. The third-order valence-corrected chi connectivity index (χ3v) is 4.32. The number of hydrogen-bond donors (Lipinski definition) is 0. The first-order chi connectivity index (χ1) is 9.69. The number of aryl methyl sites for hydroxylation is 1. The van der Waals surface area contributed by atoms with Crippen molar-refractivity contribution in [3.63, 3.8) is 0 Å². The Morgan fingerprint density at radius 2 is 2.10 bits per heavy atom. The van der Waals surface area contributed by atoms with Gasteiger partial charge in [0.2, 0.25) is 5.91 Å². The Morgan fingerprint density at radius 3 is 2.90 bits per heavy atom. The number of amides is 1. The number of aromatic nitrogens is 3. The number of carbonyl (C=O) groups excluding carboxylic acids is 1. The summed E-state index contributed by atoms with van der Waals surface area (Å²) in [6, 6.07) is 0.0143. The minimum absolute atomic E-state index is 0.0143. The van der Waals surface area contributed by atoms with Crippen LogP contribution >= 0.6 is 0 Å². The van der Waals surface area contributed by atoms with E-state index in [0.29, 0.717) is 0 Å². The summed E-state index contributed by atoms with van der Waals surface area (Å²) < 4.78 is 1.92. The average Bonchev–Trinajstić information content (AvgIpc) is 2.90. The highest BCUT2D eigenvalue weighted by atomic mass is 16.2. The Hall–Kier alpha value is -1.47. The monoisotopic (exact) mass is 278 g/mol. The number of nitrogens with zero attached hydrogens (tertiary/aromatic N) is 6. The minimum atomic E-state index is 0.0143. The van der Waals surface area contributed by atoms with Gasteiger partial charge in [0.05, 0.1) is 6.54 Å². The highest BCUT2D eigenvalue weighted by Crippen LogP contribution is 2.17. The molecular formula is C13H22N6O. The molecule has 7 nitrogen and oxygen atoms in total. The second-order valence-corrected chi connectivity index (χ2v) is 5.54. The van der Waals surface area contributed by atoms with Gasteiger partial charge >= 0.3 is 0 Å². The van der Waals surface area contributed by atoms with Crippen LogP contribution in [0.2, 0.25) is 0 Å². The Morgan fingerprint density at radius 1 is 1.30 bits per heavy atom. The first kappa shape index (κ1) is 13.5. The fraction of sp³-hybridized carbons (Fsp3) is 0.769. The SMILES string of the molecule is CCn1ncnc1CN1CCN2CCN(C)C(=O)[C@@H]2C1. The van der Waals surface area contributed by atoms with E-state index < -0.39 is 0 Å². The standard InChI is InChI=1S/C13H22N6O/c1-3-19-12(14-10-15-19)9-17-5-7-18-6-4-16(2)13(20)11(18)8-17/h10-11H,3-9H2,1-2H3/t11-/m0/s1. The molecule has 1 atom stereocenters. The summed E-state index contributed by atoms with van der Waals surface area (Å²) in [7, 11) is 1.90. The highest BCUT2D eigenvalue weighted by molar-refractivity contribution is 5.82. The van der Waals surface area contributed by atoms with Gasteiger partial charge in [-0.1, -0.05) is 0 Å². The highest BCUT2D eigenvalue weighted by Gasteiger charge is 2.37. The first-order valence-corrected chi connectivity index (χ1v) is 7.27. The van der Waals surface area contributed by atoms with Crippen molar-refractivity contribution >= 4 is 5.91 Å². The molecule has 2 aliphatic heterocycles. The molecule has 0 aromatic carbocycles. The van der Waals surface area contributed by atoms with E-state index in [1.807, 2.05) is 16.6 Å². The van der Waals surface area contributed by atoms with Crippen LogP contribution in [-0.4, -0.2) is 81.2 Å². The number of piperazine rings is 2. The predicted octanol–water partition coefficient (Wildman–Crippen LogP) is -0.744. The number of rotatable bonds is 3. The number of likely N-dealkylation sites (N-methyl/N-ethyl adjacent to an activating group) is 1. The van der Waals surface area contributed by atoms with Crippen LogP contribution in [0.5, 0.6) is 0 Å². The van der Waals surface area contributed by atoms with Gasteiger partial charge in [0.25, 0.3) is 0 Å². The summed E-state index contributed by atoms with van der Waals surface area (Å²) in [5.74, 6) is 1.23. The number of hydrogen-bond acceptors (Lipinski definition) is 5. The zero-order valence-electron chi connectivity index (χ0n) is 12.2. The molecule has 1 aromatic rings. The van der Waals surface area contributed by atoms with E-state index in [1.165, 1.54) is 0 Å². The van der Waals surface area contributed by atoms with Crippen molar-refractivity contribution < 1.29 is 4.79 Å². The third-order valence-electron chi connectivity index (χ3n) is 4.32. The first-order valence-electron chi connectivity index (χ1n) is 7.27. The molecule has 1 amide bonds. The van der Waals surface area contributed by atoms with Gasteiger partial charge in [0.15, 0.2) is 0 Å². The van der Waals surface area contributed by atoms with Crippen molar-refractivity contribution in [3.8, 4) is 0 Å². The average molecular weight is 278 g/mol. The smallest absolute Gasteiger partial charge is 0.241 e. The molecule has 2 aliphatic rings. The van der Waals surface area contributed by atoms with Crippen molar-refractivity contribution in [2.45, 2.75) is 26.1 Å². The van der Waals surface area contributed by atoms with E-state index in [4.69, 9.17) is 0 Å². The van der Waals surface area contributed by atoms with Gasteiger partial charge in [-0.3, -0.25) is 14.6 Å². The van der Waals surface area contributed by atoms with Crippen molar-refractivity contribution in [1.29, 1.82) is 0 Å². The van der Waals surface area contributed by atoms with Gasteiger partial charge in [0.1, 0.15) is 18.2 Å². The lowest BCUT2D eigenvalue weighted by molar-refractivity contribution is -0.143. The summed E-state index contributed by atoms with van der Waals surface area (Å²) >= 11 is 0. The van der Waals surface area contributed by atoms with Crippen LogP contribution in [0.3, 0.4) is 0 Å². The van der Waals surface area contributed by atoms with Crippen LogP contribution in [-0.2, 0) is 17.9 Å². The molecule has 0 N–H and O–H groups in total. The van der Waals surface area contributed by atoms with Crippen LogP contribution in [0.15, 0.2) is 6.33 Å². The Kier molecular flexibility index (Phi) is 3.71. The second-order valence-electron chi connectivity index (χ2n) is 5.54. The molecule has 3 rings (SSSR count). The summed E-state index contributed by atoms with van der Waals surface area (Å²) in [5, 5.41) is 4.20. The van der Waals surface area contributed by atoms with E-state index in [2.05, 4.69) is 26.8 Å². The Bertz CT molecular complexity index is 487. The molecule has 20 heavy (non-hydrogen) atoms. The second kappa shape index (κ2) is 5.49. The summed E-state index contributed by atoms with van der Waals surface area (Å²) in [6.07, 6.45) is 1.61. The van der Waals surface area contributed by atoms with Crippen LogP contribution in [0.4, 0.5) is 0 Å². The van der Waals surface area contributed by atoms with Crippen LogP contribution in [0, 0.1) is 0 Å². The van der Waals surface area contributed by atoms with Crippen molar-refractivity contribution in [3.05, 3.63) is 12.2 Å². The topological polar surface area (TPSA) is 57.5 Å². The Balaban J connectivity index is 1.67. The molecule has 0 spiro atoms. The molecule has 110 valence electrons. The van der Waals surface area contributed by atoms with Gasteiger partial charge in [-0.15, -0.1) is 0 Å². The summed E-state index contributed by atoms with van der Waals surface area (Å²) in [4.78, 5) is 23.0. The fourth-order valence-corrected chi connectivity index (χ4v) is 3.04. The number of fused-ring (bicyclic) bond motifs is 1. The summed E-state index contributed by atoms with van der Waals surface area (Å²) in [6.45, 7) is 8.25. The molecule has 0 aliphatic carbocycles. The largest absolute Gasteiger partial charge is 0.343 e. The number of carbonyl (C=O) groups is 1. The van der Waals surface area contributed by atoms with E-state index >= 15 is 0 Å². The van der Waals surface area contributed by atoms with Gasteiger partial charge in [-0.05, 0) is 6.92 Å². The molecule has 0 unspecified atom stereocenters. The van der Waals surface area contributed by atoms with Crippen molar-refractivity contribution in [2.75, 3.05) is 39.8 Å². The maximum Gasteiger partial charge on any atom is 0.241 e. The van der Waals surface area contributed by atoms with E-state index in [-0.39, 0.29) is 11.9 Å². The molecule has 0 radical (unpaired) electrons. The normalized spacial score (nSPS) is 25.0. The quantitative estimate of drug-likeness (QED) is 0.728. The molecular weight excluding hydrogens is 256 g/mol. The van der Waals surface area contributed by atoms with Crippen LogP contribution in [0.1, 0.15) is 12.7 Å². The van der Waals surface area contributed by atoms with E-state index in [0.717, 1.165) is 51.6 Å². The van der Waals surface area contributed by atoms with Gasteiger partial charge in [-0.2, -0.15) is 5.10 Å². The van der Waals surface area contributed by atoms with Gasteiger partial charge < -0.3 is 4.90 Å². The van der Waals surface area contributed by atoms with Crippen LogP contribution < -0.4 is 0 Å². The third kappa shape index (κ3) is 2.43. The Labute approximate surface area is 119 Å². The van der Waals surface area contributed by atoms with Crippen LogP contribution in [0.25, 0.3) is 0 Å². The predicted molar refractivity (Wildman–Crippen MR) is 74.0 cm³/mol. The lowest BCUT2D eigenvalue weighted by Crippen LogP contribution is -2.63. The zero-order chi connectivity index (χ0) is 14.1. The van der Waals surface area contributed by atoms with Gasteiger partial charge in [0, 0.05) is 46.3 Å². The molecule has 2 saturated heterocycles. The lowest BCUT2D eigenvalue weighted by atomic mass is 10.1. The molecule has 3 heterocycles. The van der Waals surface area contributed by atoms with E-state index in [9.17, 15) is 4.79 Å². The maximum atomic E-state index is 12.3. The summed E-state index contributed by atoms with van der Waals surface area (Å²) in [5.41, 5.74) is 0. The zero-order valence-corrected chi connectivity index (χ0v) is 12.2. The van der Waals surface area contributed by atoms with Crippen molar-refractivity contribution in [2.24, 2.45) is 0 Å². The lowest BCUT2D eigenvalue weighted by Gasteiger charge is -2.45. The maximum absolute atomic E-state index is 12.3. The van der Waals surface area contributed by atoms with Crippen molar-refractivity contribution in [1.82, 2.24) is 29.5 Å². The minimum Gasteiger partial charge on any atom is -0.343 e. The molecule has 2 fully saturated rings. The van der Waals surface area contributed by atoms with Gasteiger partial charge in [-0.25, -0.2) is 9.67 Å². The molecule has 7 heteroatoms. The molecule has 0 bridgehead atoms. The molecule has 1 aromatic heterocycles. The van der Waals surface area contributed by atoms with E-state index in [1.54, 1.807) is 6.33 Å². The fourth-order valence-electron chi connectivity index (χ4n) is 3.04.